The Balaban J connectivity index is 1.91. The molecule has 1 aliphatic rings. The van der Waals surface area contributed by atoms with Crippen LogP contribution in [0.15, 0.2) is 30.6 Å². The quantitative estimate of drug-likeness (QED) is 0.808. The number of carbonyl (C=O) groups excluding carboxylic acids is 1. The van der Waals surface area contributed by atoms with Crippen LogP contribution in [-0.4, -0.2) is 32.7 Å². The van der Waals surface area contributed by atoms with E-state index in [2.05, 4.69) is 15.6 Å². The molecule has 0 saturated heterocycles. The lowest BCUT2D eigenvalue weighted by Crippen LogP contribution is -2.41. The summed E-state index contributed by atoms with van der Waals surface area (Å²) in [5.41, 5.74) is 2.81. The number of hydrogen-bond donors (Lipinski definition) is 0. The Morgan fingerprint density at radius 3 is 2.79 bits per heavy atom. The molecule has 1 aliphatic heterocycles. The first-order valence-electron chi connectivity index (χ1n) is 7.90. The normalized spacial score (nSPS) is 14.0. The third-order valence-electron chi connectivity index (χ3n) is 3.87. The summed E-state index contributed by atoms with van der Waals surface area (Å²) < 4.78 is 7.54. The van der Waals surface area contributed by atoms with Crippen molar-refractivity contribution < 1.29 is 9.53 Å². The van der Waals surface area contributed by atoms with Gasteiger partial charge in [-0.3, -0.25) is 4.98 Å². The molecule has 24 heavy (non-hydrogen) atoms. The summed E-state index contributed by atoms with van der Waals surface area (Å²) in [5.74, 6) is 0. The Morgan fingerprint density at radius 1 is 1.38 bits per heavy atom. The Morgan fingerprint density at radius 2 is 2.17 bits per heavy atom. The lowest BCUT2D eigenvalue weighted by molar-refractivity contribution is 0.0199. The number of hydrogen-bond acceptors (Lipinski definition) is 4. The van der Waals surface area contributed by atoms with E-state index in [0.29, 0.717) is 25.2 Å². The van der Waals surface area contributed by atoms with Crippen LogP contribution in [0, 0.1) is 11.3 Å². The van der Waals surface area contributed by atoms with Crippen LogP contribution in [-0.2, 0) is 17.8 Å². The Hall–Kier alpha value is -2.81. The molecular weight excluding hydrogens is 304 g/mol. The van der Waals surface area contributed by atoms with E-state index in [1.807, 2.05) is 39.0 Å². The van der Waals surface area contributed by atoms with Crippen LogP contribution in [0.4, 0.5) is 4.79 Å². The van der Waals surface area contributed by atoms with Gasteiger partial charge in [0.05, 0.1) is 23.5 Å². The number of aromatic nitrogens is 2. The van der Waals surface area contributed by atoms with Gasteiger partial charge in [-0.1, -0.05) is 0 Å². The average molecular weight is 324 g/mol. The molecule has 2 aromatic rings. The first kappa shape index (κ1) is 16.1. The highest BCUT2D eigenvalue weighted by atomic mass is 16.6. The molecule has 0 radical (unpaired) electrons. The van der Waals surface area contributed by atoms with Crippen molar-refractivity contribution in [3.8, 4) is 17.3 Å². The molecule has 0 unspecified atom stereocenters. The molecule has 0 N–H and O–H groups in total. The van der Waals surface area contributed by atoms with Crippen LogP contribution in [0.2, 0.25) is 0 Å². The van der Waals surface area contributed by atoms with Gasteiger partial charge >= 0.3 is 6.09 Å². The van der Waals surface area contributed by atoms with Crippen molar-refractivity contribution in [1.29, 1.82) is 5.26 Å². The van der Waals surface area contributed by atoms with Gasteiger partial charge < -0.3 is 14.2 Å². The number of nitriles is 1. The van der Waals surface area contributed by atoms with Gasteiger partial charge in [0.15, 0.2) is 0 Å². The second kappa shape index (κ2) is 6.00. The predicted octanol–water partition coefficient (Wildman–Crippen LogP) is 3.17. The minimum Gasteiger partial charge on any atom is -0.444 e. The fourth-order valence-corrected chi connectivity index (χ4v) is 2.83. The summed E-state index contributed by atoms with van der Waals surface area (Å²) in [5, 5.41) is 9.45. The number of carbonyl (C=O) groups is 1. The Kier molecular flexibility index (Phi) is 4.02. The summed E-state index contributed by atoms with van der Waals surface area (Å²) in [6.45, 7) is 7.09. The highest BCUT2D eigenvalue weighted by molar-refractivity contribution is 5.69. The zero-order valence-electron chi connectivity index (χ0n) is 14.1. The second-order valence-corrected chi connectivity index (χ2v) is 6.80. The van der Waals surface area contributed by atoms with Gasteiger partial charge in [-0.05, 0) is 39.0 Å². The van der Waals surface area contributed by atoms with Crippen molar-refractivity contribution in [2.24, 2.45) is 0 Å². The zero-order chi connectivity index (χ0) is 17.3. The van der Waals surface area contributed by atoms with Gasteiger partial charge in [0.2, 0.25) is 0 Å². The molecule has 6 nitrogen and oxygen atoms in total. The molecule has 124 valence electrons. The molecular formula is C18H20N4O2. The molecule has 3 rings (SSSR count). The maximum atomic E-state index is 12.3. The highest BCUT2D eigenvalue weighted by Gasteiger charge is 2.29. The Bertz CT molecular complexity index is 797. The minimum atomic E-state index is -0.532. The second-order valence-electron chi connectivity index (χ2n) is 6.80. The molecule has 0 aromatic carbocycles. The third-order valence-corrected chi connectivity index (χ3v) is 3.87. The summed E-state index contributed by atoms with van der Waals surface area (Å²) in [6, 6.07) is 7.94. The molecule has 1 amide bonds. The molecule has 2 aromatic heterocycles. The van der Waals surface area contributed by atoms with Crippen molar-refractivity contribution >= 4 is 6.09 Å². The van der Waals surface area contributed by atoms with Crippen LogP contribution >= 0.6 is 0 Å². The van der Waals surface area contributed by atoms with Gasteiger partial charge in [0.1, 0.15) is 11.7 Å². The van der Waals surface area contributed by atoms with E-state index in [4.69, 9.17) is 4.74 Å². The molecule has 3 heterocycles. The van der Waals surface area contributed by atoms with Crippen molar-refractivity contribution in [3.05, 3.63) is 41.9 Å². The maximum Gasteiger partial charge on any atom is 0.410 e. The fourth-order valence-electron chi connectivity index (χ4n) is 2.83. The molecule has 0 spiro atoms. The summed E-state index contributed by atoms with van der Waals surface area (Å²) in [7, 11) is 0. The molecule has 0 fully saturated rings. The maximum absolute atomic E-state index is 12.3. The van der Waals surface area contributed by atoms with Crippen LogP contribution in [0.5, 0.6) is 0 Å². The van der Waals surface area contributed by atoms with Crippen LogP contribution in [0.25, 0.3) is 11.3 Å². The molecule has 0 atom stereocenters. The SMILES string of the molecule is CC(C)(C)OC(=O)N1CCn2c(-c3cccnc3)cc(C#N)c2C1. The molecule has 0 aliphatic carbocycles. The number of ether oxygens (including phenoxy) is 1. The number of amides is 1. The van der Waals surface area contributed by atoms with E-state index in [-0.39, 0.29) is 6.09 Å². The zero-order valence-corrected chi connectivity index (χ0v) is 14.1. The predicted molar refractivity (Wildman–Crippen MR) is 89.0 cm³/mol. The van der Waals surface area contributed by atoms with Crippen LogP contribution in [0.3, 0.4) is 0 Å². The standard InChI is InChI=1S/C18H20N4O2/c1-18(2,3)24-17(23)21-7-8-22-15(13-5-4-6-20-11-13)9-14(10-19)16(22)12-21/h4-6,9,11H,7-8,12H2,1-3H3. The largest absolute Gasteiger partial charge is 0.444 e. The monoisotopic (exact) mass is 324 g/mol. The van der Waals surface area contributed by atoms with E-state index in [1.165, 1.54) is 0 Å². The van der Waals surface area contributed by atoms with E-state index in [0.717, 1.165) is 17.0 Å². The van der Waals surface area contributed by atoms with E-state index in [1.54, 1.807) is 17.3 Å². The summed E-state index contributed by atoms with van der Waals surface area (Å²) >= 11 is 0. The third kappa shape index (κ3) is 3.11. The van der Waals surface area contributed by atoms with Crippen molar-refractivity contribution in [2.45, 2.75) is 39.5 Å². The van der Waals surface area contributed by atoms with Crippen LogP contribution in [0.1, 0.15) is 32.0 Å². The van der Waals surface area contributed by atoms with E-state index < -0.39 is 5.60 Å². The van der Waals surface area contributed by atoms with Gasteiger partial charge in [0.25, 0.3) is 0 Å². The van der Waals surface area contributed by atoms with Gasteiger partial charge in [-0.2, -0.15) is 5.26 Å². The van der Waals surface area contributed by atoms with Gasteiger partial charge in [-0.25, -0.2) is 4.79 Å². The van der Waals surface area contributed by atoms with E-state index >= 15 is 0 Å². The van der Waals surface area contributed by atoms with Gasteiger partial charge in [-0.15, -0.1) is 0 Å². The topological polar surface area (TPSA) is 71.2 Å². The number of fused-ring (bicyclic) bond motifs is 1. The number of nitrogens with zero attached hydrogens (tertiary/aromatic N) is 4. The highest BCUT2D eigenvalue weighted by Crippen LogP contribution is 2.29. The van der Waals surface area contributed by atoms with Crippen molar-refractivity contribution in [3.63, 3.8) is 0 Å². The van der Waals surface area contributed by atoms with Crippen LogP contribution < -0.4 is 0 Å². The first-order valence-corrected chi connectivity index (χ1v) is 7.90. The molecule has 0 saturated carbocycles. The van der Waals surface area contributed by atoms with Crippen molar-refractivity contribution in [1.82, 2.24) is 14.5 Å². The fraction of sp³-hybridized carbons (Fsp3) is 0.389. The van der Waals surface area contributed by atoms with Crippen molar-refractivity contribution in [2.75, 3.05) is 6.54 Å². The number of pyridine rings is 1. The molecule has 6 heteroatoms. The van der Waals surface area contributed by atoms with E-state index in [9.17, 15) is 10.1 Å². The first-order chi connectivity index (χ1) is 11.4. The lowest BCUT2D eigenvalue weighted by atomic mass is 10.2. The Labute approximate surface area is 141 Å². The molecule has 0 bridgehead atoms. The summed E-state index contributed by atoms with van der Waals surface area (Å²) in [6.07, 6.45) is 3.16. The summed E-state index contributed by atoms with van der Waals surface area (Å²) in [4.78, 5) is 18.1. The average Bonchev–Trinajstić information content (AvgIpc) is 2.92. The van der Waals surface area contributed by atoms with Gasteiger partial charge in [0, 0.05) is 31.0 Å². The number of rotatable bonds is 1. The smallest absolute Gasteiger partial charge is 0.410 e. The minimum absolute atomic E-state index is 0.346. The lowest BCUT2D eigenvalue weighted by Gasteiger charge is -2.31.